The molecule has 0 bridgehead atoms. The molecule has 0 radical (unpaired) electrons. The normalized spacial score (nSPS) is 11.3. The van der Waals surface area contributed by atoms with Crippen LogP contribution in [0, 0.1) is 0 Å². The van der Waals surface area contributed by atoms with Crippen LogP contribution < -0.4 is 4.90 Å². The number of benzene rings is 10. The second kappa shape index (κ2) is 14.0. The smallest absolute Gasteiger partial charge is 0.0468 e. The first kappa shape index (κ1) is 32.4. The van der Waals surface area contributed by atoms with Gasteiger partial charge in [0.1, 0.15) is 0 Å². The molecule has 1 heteroatoms. The van der Waals surface area contributed by atoms with Crippen molar-refractivity contribution < 1.29 is 0 Å². The van der Waals surface area contributed by atoms with E-state index in [-0.39, 0.29) is 0 Å². The predicted octanol–water partition coefficient (Wildman–Crippen LogP) is 15.3. The van der Waals surface area contributed by atoms with Crippen molar-refractivity contribution in [3.05, 3.63) is 224 Å². The van der Waals surface area contributed by atoms with Crippen molar-refractivity contribution in [3.63, 3.8) is 0 Å². The Kier molecular flexibility index (Phi) is 8.24. The van der Waals surface area contributed by atoms with Gasteiger partial charge in [0.25, 0.3) is 0 Å². The summed E-state index contributed by atoms with van der Waals surface area (Å²) in [4.78, 5) is 2.38. The zero-order valence-corrected chi connectivity index (χ0v) is 30.3. The molecule has 0 aliphatic carbocycles. The summed E-state index contributed by atoms with van der Waals surface area (Å²) in [5, 5.41) is 7.50. The Balaban J connectivity index is 1.08. The van der Waals surface area contributed by atoms with E-state index in [2.05, 4.69) is 229 Å². The lowest BCUT2D eigenvalue weighted by molar-refractivity contribution is 1.29. The molecule has 0 spiro atoms. The average Bonchev–Trinajstić information content (AvgIpc) is 3.27. The van der Waals surface area contributed by atoms with Gasteiger partial charge in [-0.3, -0.25) is 0 Å². The minimum Gasteiger partial charge on any atom is -0.310 e. The molecule has 0 aliphatic heterocycles. The van der Waals surface area contributed by atoms with E-state index in [1.54, 1.807) is 0 Å². The SMILES string of the molecule is c1ccc(-c2ccc(-c3ccc(N(c4ccc(-c5cccc6ccccc56)cc4)c4ccc5ccc6ccccc6c5c4)cc3)cc2-c2ccccc2)cc1. The Morgan fingerprint density at radius 2 is 0.691 bits per heavy atom. The molecule has 1 nitrogen and oxygen atoms in total. The lowest BCUT2D eigenvalue weighted by Gasteiger charge is -2.26. The number of rotatable bonds is 7. The summed E-state index contributed by atoms with van der Waals surface area (Å²) in [5.74, 6) is 0. The summed E-state index contributed by atoms with van der Waals surface area (Å²) in [5.41, 5.74) is 13.0. The highest BCUT2D eigenvalue weighted by molar-refractivity contribution is 6.09. The molecule has 0 aromatic heterocycles. The number of nitrogens with zero attached hydrogens (tertiary/aromatic N) is 1. The first-order chi connectivity index (χ1) is 27.3. The van der Waals surface area contributed by atoms with E-state index in [1.165, 1.54) is 76.8 Å². The number of anilines is 3. The van der Waals surface area contributed by atoms with Crippen molar-refractivity contribution in [2.45, 2.75) is 0 Å². The minimum atomic E-state index is 1.10. The van der Waals surface area contributed by atoms with E-state index in [0.717, 1.165) is 17.1 Å². The van der Waals surface area contributed by atoms with Crippen molar-refractivity contribution in [3.8, 4) is 44.5 Å². The van der Waals surface area contributed by atoms with Crippen LogP contribution in [-0.2, 0) is 0 Å². The summed E-state index contributed by atoms with van der Waals surface area (Å²) in [6.07, 6.45) is 0. The van der Waals surface area contributed by atoms with Gasteiger partial charge in [-0.05, 0) is 119 Å². The van der Waals surface area contributed by atoms with E-state index < -0.39 is 0 Å². The second-order valence-corrected chi connectivity index (χ2v) is 14.1. The maximum Gasteiger partial charge on any atom is 0.0468 e. The fourth-order valence-corrected chi connectivity index (χ4v) is 8.10. The Morgan fingerprint density at radius 3 is 1.38 bits per heavy atom. The third-order valence-electron chi connectivity index (χ3n) is 10.9. The van der Waals surface area contributed by atoms with Crippen LogP contribution in [0.25, 0.3) is 76.8 Å². The van der Waals surface area contributed by atoms with Crippen LogP contribution in [0.2, 0.25) is 0 Å². The largest absolute Gasteiger partial charge is 0.310 e. The minimum absolute atomic E-state index is 1.10. The highest BCUT2D eigenvalue weighted by Gasteiger charge is 2.16. The molecular weight excluding hydrogens is 663 g/mol. The molecule has 0 saturated carbocycles. The molecule has 0 fully saturated rings. The van der Waals surface area contributed by atoms with E-state index in [9.17, 15) is 0 Å². The Bertz CT molecular complexity index is 2940. The van der Waals surface area contributed by atoms with Gasteiger partial charge in [0.05, 0.1) is 0 Å². The highest BCUT2D eigenvalue weighted by atomic mass is 15.1. The molecule has 55 heavy (non-hydrogen) atoms. The van der Waals surface area contributed by atoms with Crippen molar-refractivity contribution in [2.24, 2.45) is 0 Å². The number of hydrogen-bond donors (Lipinski definition) is 0. The van der Waals surface area contributed by atoms with Gasteiger partial charge in [-0.2, -0.15) is 0 Å². The highest BCUT2D eigenvalue weighted by Crippen LogP contribution is 2.41. The maximum atomic E-state index is 2.38. The van der Waals surface area contributed by atoms with Gasteiger partial charge >= 0.3 is 0 Å². The molecule has 0 amide bonds. The van der Waals surface area contributed by atoms with Crippen molar-refractivity contribution in [1.29, 1.82) is 0 Å². The van der Waals surface area contributed by atoms with Crippen LogP contribution in [0.15, 0.2) is 224 Å². The van der Waals surface area contributed by atoms with Crippen LogP contribution in [0.1, 0.15) is 0 Å². The van der Waals surface area contributed by atoms with Crippen LogP contribution in [0.5, 0.6) is 0 Å². The lowest BCUT2D eigenvalue weighted by Crippen LogP contribution is -2.10. The molecule has 0 aliphatic rings. The fraction of sp³-hybridized carbons (Fsp3) is 0. The molecule has 10 rings (SSSR count). The first-order valence-electron chi connectivity index (χ1n) is 18.9. The average molecular weight is 700 g/mol. The van der Waals surface area contributed by atoms with E-state index in [4.69, 9.17) is 0 Å². The maximum absolute atomic E-state index is 2.38. The summed E-state index contributed by atoms with van der Waals surface area (Å²) in [6.45, 7) is 0. The standard InChI is InChI=1S/C54H37N/c1-3-12-39(13-4-1)52-35-29-45(36-53(52)41-14-5-2-6-15-41)38-24-30-46(31-25-38)55(48-34-28-44-23-22-42-17-8-10-20-51(42)54(44)37-48)47-32-26-43(27-33-47)50-21-11-18-40-16-7-9-19-49(40)50/h1-37H. The monoisotopic (exact) mass is 699 g/mol. The quantitative estimate of drug-likeness (QED) is 0.150. The molecule has 0 atom stereocenters. The van der Waals surface area contributed by atoms with Crippen molar-refractivity contribution in [2.75, 3.05) is 4.90 Å². The summed E-state index contributed by atoms with van der Waals surface area (Å²) in [7, 11) is 0. The zero-order chi connectivity index (χ0) is 36.6. The van der Waals surface area contributed by atoms with Crippen LogP contribution in [0.3, 0.4) is 0 Å². The van der Waals surface area contributed by atoms with Gasteiger partial charge in [-0.1, -0.05) is 182 Å². The Morgan fingerprint density at radius 1 is 0.218 bits per heavy atom. The van der Waals surface area contributed by atoms with Crippen molar-refractivity contribution in [1.82, 2.24) is 0 Å². The molecule has 0 unspecified atom stereocenters. The van der Waals surface area contributed by atoms with Gasteiger partial charge in [0.15, 0.2) is 0 Å². The third-order valence-corrected chi connectivity index (χ3v) is 10.9. The molecule has 258 valence electrons. The number of fused-ring (bicyclic) bond motifs is 4. The second-order valence-electron chi connectivity index (χ2n) is 14.1. The molecular formula is C54H37N. The van der Waals surface area contributed by atoms with Gasteiger partial charge in [0.2, 0.25) is 0 Å². The lowest BCUT2D eigenvalue weighted by atomic mass is 9.91. The zero-order valence-electron chi connectivity index (χ0n) is 30.3. The molecule has 0 heterocycles. The van der Waals surface area contributed by atoms with Gasteiger partial charge < -0.3 is 4.90 Å². The summed E-state index contributed by atoms with van der Waals surface area (Å²) in [6, 6.07) is 81.4. The number of hydrogen-bond acceptors (Lipinski definition) is 1. The van der Waals surface area contributed by atoms with E-state index >= 15 is 0 Å². The Labute approximate surface area is 322 Å². The van der Waals surface area contributed by atoms with Crippen molar-refractivity contribution >= 4 is 49.4 Å². The molecule has 0 N–H and O–H groups in total. The van der Waals surface area contributed by atoms with Gasteiger partial charge in [-0.15, -0.1) is 0 Å². The first-order valence-corrected chi connectivity index (χ1v) is 18.9. The van der Waals surface area contributed by atoms with Gasteiger partial charge in [0, 0.05) is 17.1 Å². The van der Waals surface area contributed by atoms with E-state index in [1.807, 2.05) is 0 Å². The van der Waals surface area contributed by atoms with E-state index in [0.29, 0.717) is 0 Å². The van der Waals surface area contributed by atoms with Crippen LogP contribution in [0.4, 0.5) is 17.1 Å². The predicted molar refractivity (Wildman–Crippen MR) is 235 cm³/mol. The summed E-state index contributed by atoms with van der Waals surface area (Å²) >= 11 is 0. The summed E-state index contributed by atoms with van der Waals surface area (Å²) < 4.78 is 0. The Hall–Kier alpha value is -7.22. The topological polar surface area (TPSA) is 3.24 Å². The van der Waals surface area contributed by atoms with Gasteiger partial charge in [-0.25, -0.2) is 0 Å². The van der Waals surface area contributed by atoms with Crippen LogP contribution in [-0.4, -0.2) is 0 Å². The fourth-order valence-electron chi connectivity index (χ4n) is 8.10. The van der Waals surface area contributed by atoms with Crippen LogP contribution >= 0.6 is 0 Å². The third kappa shape index (κ3) is 6.12. The molecule has 10 aromatic carbocycles. The molecule has 10 aromatic rings. The molecule has 0 saturated heterocycles.